The lowest BCUT2D eigenvalue weighted by atomic mass is 9.93. The fourth-order valence-corrected chi connectivity index (χ4v) is 3.54. The first-order valence-electron chi connectivity index (χ1n) is 8.99. The highest BCUT2D eigenvalue weighted by atomic mass is 35.5. The van der Waals surface area contributed by atoms with E-state index in [4.69, 9.17) is 22.9 Å². The lowest BCUT2D eigenvalue weighted by Gasteiger charge is -2.17. The second-order valence-electron chi connectivity index (χ2n) is 6.87. The van der Waals surface area contributed by atoms with Crippen molar-refractivity contribution in [1.29, 1.82) is 0 Å². The molecule has 1 heterocycles. The maximum atomic E-state index is 12.2. The Labute approximate surface area is 168 Å². The van der Waals surface area contributed by atoms with Crippen molar-refractivity contribution in [3.8, 4) is 17.4 Å². The van der Waals surface area contributed by atoms with E-state index >= 15 is 0 Å². The number of benzene rings is 1. The summed E-state index contributed by atoms with van der Waals surface area (Å²) in [6.07, 6.45) is 5.21. The zero-order valence-electron chi connectivity index (χ0n) is 15.7. The highest BCUT2D eigenvalue weighted by molar-refractivity contribution is 6.31. The molecule has 0 amide bonds. The average Bonchev–Trinajstić information content (AvgIpc) is 2.95. The van der Waals surface area contributed by atoms with E-state index in [1.807, 2.05) is 6.08 Å². The Balaban J connectivity index is 2.04. The van der Waals surface area contributed by atoms with Gasteiger partial charge in [-0.2, -0.15) is 0 Å². The molecule has 3 rings (SSSR count). The van der Waals surface area contributed by atoms with Crippen LogP contribution in [0.2, 0.25) is 5.02 Å². The second kappa shape index (κ2) is 7.61. The molecule has 2 aromatic rings. The van der Waals surface area contributed by atoms with Gasteiger partial charge in [0.15, 0.2) is 0 Å². The third-order valence-corrected chi connectivity index (χ3v) is 5.26. The number of esters is 1. The lowest BCUT2D eigenvalue weighted by Crippen LogP contribution is -2.36. The first-order chi connectivity index (χ1) is 13.3. The Bertz CT molecular complexity index is 1000. The van der Waals surface area contributed by atoms with Crippen LogP contribution in [-0.2, 0) is 22.4 Å². The van der Waals surface area contributed by atoms with Gasteiger partial charge in [0.05, 0.1) is 18.7 Å². The number of nitrogens with zero attached hydrogens (tertiary/aromatic N) is 2. The summed E-state index contributed by atoms with van der Waals surface area (Å²) < 4.78 is 6.38. The van der Waals surface area contributed by atoms with Crippen LogP contribution in [0.3, 0.4) is 0 Å². The van der Waals surface area contributed by atoms with Crippen LogP contribution >= 0.6 is 11.6 Å². The van der Waals surface area contributed by atoms with Crippen LogP contribution in [0.25, 0.3) is 16.6 Å². The van der Waals surface area contributed by atoms with Gasteiger partial charge in [-0.3, -0.25) is 9.41 Å². The molecular weight excluding hydrogens is 380 g/mol. The maximum absolute atomic E-state index is 12.2. The first-order valence-corrected chi connectivity index (χ1v) is 9.37. The zero-order valence-corrected chi connectivity index (χ0v) is 16.5. The fourth-order valence-electron chi connectivity index (χ4n) is 3.36. The van der Waals surface area contributed by atoms with Crippen molar-refractivity contribution in [2.45, 2.75) is 38.6 Å². The predicted octanol–water partition coefficient (Wildman–Crippen LogP) is 4.28. The molecule has 6 nitrogen and oxygen atoms in total. The van der Waals surface area contributed by atoms with Gasteiger partial charge in [-0.15, -0.1) is 0 Å². The molecule has 0 saturated heterocycles. The van der Waals surface area contributed by atoms with Crippen LogP contribution in [0, 0.1) is 6.57 Å². The number of hydrogen-bond acceptors (Lipinski definition) is 4. The molecule has 1 aromatic heterocycles. The number of halogens is 1. The van der Waals surface area contributed by atoms with Crippen molar-refractivity contribution in [2.75, 3.05) is 6.61 Å². The molecule has 0 saturated carbocycles. The third kappa shape index (κ3) is 3.34. The summed E-state index contributed by atoms with van der Waals surface area (Å²) in [5, 5.41) is 21.6. The monoisotopic (exact) mass is 400 g/mol. The van der Waals surface area contributed by atoms with Crippen LogP contribution < -0.4 is 0 Å². The van der Waals surface area contributed by atoms with Crippen molar-refractivity contribution in [3.63, 3.8) is 0 Å². The number of hydrogen-bond donors (Lipinski definition) is 2. The first kappa shape index (κ1) is 19.8. The van der Waals surface area contributed by atoms with Gasteiger partial charge in [0.25, 0.3) is 0 Å². The summed E-state index contributed by atoms with van der Waals surface area (Å²) in [6, 6.07) is 4.95. The Hall–Kier alpha value is -2.91. The highest BCUT2D eigenvalue weighted by Crippen LogP contribution is 2.41. The van der Waals surface area contributed by atoms with Crippen LogP contribution in [0.1, 0.15) is 37.0 Å². The fraction of sp³-hybridized carbons (Fsp3) is 0.333. The summed E-state index contributed by atoms with van der Waals surface area (Å²) in [5.41, 5.74) is 0.910. The molecule has 1 aliphatic carbocycles. The van der Waals surface area contributed by atoms with E-state index in [9.17, 15) is 15.0 Å². The van der Waals surface area contributed by atoms with E-state index in [1.54, 1.807) is 31.2 Å². The van der Waals surface area contributed by atoms with E-state index in [0.29, 0.717) is 33.8 Å². The number of ether oxygens (including phenoxy) is 1. The molecule has 146 valence electrons. The minimum atomic E-state index is -1.42. The van der Waals surface area contributed by atoms with Gasteiger partial charge < -0.3 is 14.9 Å². The van der Waals surface area contributed by atoms with Crippen molar-refractivity contribution < 1.29 is 19.7 Å². The SMILES string of the molecule is [C-]#[N+]C(C)(Cc1cc(-n2c(O)c3c(c2O)CCC=C3)ccc1Cl)C(=O)OCC. The van der Waals surface area contributed by atoms with Gasteiger partial charge in [-0.05, 0) is 43.5 Å². The molecule has 1 aliphatic rings. The van der Waals surface area contributed by atoms with Gasteiger partial charge in [0.2, 0.25) is 11.8 Å². The molecule has 0 radical (unpaired) electrons. The van der Waals surface area contributed by atoms with E-state index in [0.717, 1.165) is 6.42 Å². The number of aromatic hydroxyl groups is 2. The molecule has 0 aliphatic heterocycles. The van der Waals surface area contributed by atoms with Crippen LogP contribution in [0.5, 0.6) is 11.8 Å². The topological polar surface area (TPSA) is 76.0 Å². The summed E-state index contributed by atoms with van der Waals surface area (Å²) in [7, 11) is 0. The van der Waals surface area contributed by atoms with Gasteiger partial charge in [0.1, 0.15) is 0 Å². The van der Waals surface area contributed by atoms with E-state index in [-0.39, 0.29) is 24.8 Å². The van der Waals surface area contributed by atoms with Crippen LogP contribution in [0.4, 0.5) is 0 Å². The number of carbonyl (C=O) groups is 1. The smallest absolute Gasteiger partial charge is 0.393 e. The summed E-state index contributed by atoms with van der Waals surface area (Å²) in [4.78, 5) is 15.7. The molecule has 7 heteroatoms. The van der Waals surface area contributed by atoms with Crippen LogP contribution in [-0.4, -0.2) is 32.9 Å². The maximum Gasteiger partial charge on any atom is 0.393 e. The van der Waals surface area contributed by atoms with Crippen LogP contribution in [0.15, 0.2) is 24.3 Å². The number of rotatable bonds is 5. The standard InChI is InChI=1S/C21H21ClN2O4/c1-4-28-20(27)21(2,23-3)12-13-11-14(9-10-17(13)22)24-18(25)15-7-5-6-8-16(15)19(24)26/h5,7,9-11,25-26H,4,6,8,12H2,1-2H3. The zero-order chi connectivity index (χ0) is 20.5. The molecule has 0 spiro atoms. The van der Waals surface area contributed by atoms with Gasteiger partial charge >= 0.3 is 11.5 Å². The molecular formula is C21H21ClN2O4. The second-order valence-corrected chi connectivity index (χ2v) is 7.28. The van der Waals surface area contributed by atoms with Gasteiger partial charge in [-0.25, -0.2) is 11.4 Å². The lowest BCUT2D eigenvalue weighted by molar-refractivity contribution is -0.147. The van der Waals surface area contributed by atoms with E-state index in [2.05, 4.69) is 4.85 Å². The summed E-state index contributed by atoms with van der Waals surface area (Å²) in [5.74, 6) is -0.697. The molecule has 1 aromatic carbocycles. The van der Waals surface area contributed by atoms with E-state index in [1.165, 1.54) is 11.5 Å². The average molecular weight is 401 g/mol. The van der Waals surface area contributed by atoms with Crippen molar-refractivity contribution in [2.24, 2.45) is 0 Å². The molecule has 1 atom stereocenters. The van der Waals surface area contributed by atoms with Crippen molar-refractivity contribution >= 4 is 23.6 Å². The normalized spacial score (nSPS) is 14.8. The largest absolute Gasteiger partial charge is 0.494 e. The summed E-state index contributed by atoms with van der Waals surface area (Å²) >= 11 is 6.31. The van der Waals surface area contributed by atoms with Crippen molar-refractivity contribution in [3.05, 3.63) is 57.4 Å². The number of aromatic nitrogens is 1. The predicted molar refractivity (Wildman–Crippen MR) is 107 cm³/mol. The van der Waals surface area contributed by atoms with Gasteiger partial charge in [-0.1, -0.05) is 23.8 Å². The molecule has 0 fully saturated rings. The quantitative estimate of drug-likeness (QED) is 0.580. The third-order valence-electron chi connectivity index (χ3n) is 4.89. The minimum Gasteiger partial charge on any atom is -0.494 e. The number of carbonyl (C=O) groups excluding carboxylic acids is 1. The Morgan fingerprint density at radius 3 is 2.79 bits per heavy atom. The Morgan fingerprint density at radius 1 is 1.39 bits per heavy atom. The van der Waals surface area contributed by atoms with E-state index < -0.39 is 11.5 Å². The highest BCUT2D eigenvalue weighted by Gasteiger charge is 2.42. The van der Waals surface area contributed by atoms with Gasteiger partial charge in [0, 0.05) is 23.1 Å². The molecule has 28 heavy (non-hydrogen) atoms. The van der Waals surface area contributed by atoms with Crippen molar-refractivity contribution in [1.82, 2.24) is 4.57 Å². The Kier molecular flexibility index (Phi) is 5.39. The number of fused-ring (bicyclic) bond motifs is 1. The molecule has 2 N–H and O–H groups in total. The Morgan fingerprint density at radius 2 is 2.14 bits per heavy atom. The summed E-state index contributed by atoms with van der Waals surface area (Å²) in [6.45, 7) is 10.8. The number of allylic oxidation sites excluding steroid dienone is 1. The molecule has 0 bridgehead atoms. The molecule has 1 unspecified atom stereocenters. The minimum absolute atomic E-state index is 0.0246.